The number of carbonyl (C=O) groups excluding carboxylic acids is 1. The summed E-state index contributed by atoms with van der Waals surface area (Å²) >= 11 is 0. The van der Waals surface area contributed by atoms with Crippen LogP contribution in [0.25, 0.3) is 0 Å². The predicted molar refractivity (Wildman–Crippen MR) is 138 cm³/mol. The quantitative estimate of drug-likeness (QED) is 0.279. The molecule has 5 rings (SSSR count). The maximum atomic E-state index is 13.9. The SMILES string of the molecule is O=C(O)c1ccc(CN(C[C@@H]2C[C@H]2c2ccccc2)C(=O)c2ccc(Oc3ccccc3F)cc2)cc1. The first-order chi connectivity index (χ1) is 18.0. The Bertz CT molecular complexity index is 1390. The smallest absolute Gasteiger partial charge is 0.335 e. The zero-order chi connectivity index (χ0) is 25.8. The molecule has 1 N–H and O–H groups in total. The van der Waals surface area contributed by atoms with Gasteiger partial charge < -0.3 is 14.7 Å². The van der Waals surface area contributed by atoms with Gasteiger partial charge in [0.25, 0.3) is 5.91 Å². The zero-order valence-corrected chi connectivity index (χ0v) is 20.1. The fourth-order valence-electron chi connectivity index (χ4n) is 4.54. The van der Waals surface area contributed by atoms with Crippen LogP contribution in [0.15, 0.2) is 103 Å². The number of carboxylic acids is 1. The van der Waals surface area contributed by atoms with E-state index in [4.69, 9.17) is 4.74 Å². The molecule has 0 saturated heterocycles. The average Bonchev–Trinajstić information content (AvgIpc) is 3.70. The number of hydrogen-bond acceptors (Lipinski definition) is 3. The van der Waals surface area contributed by atoms with Crippen LogP contribution in [0.1, 0.15) is 44.2 Å². The number of aromatic carboxylic acids is 1. The zero-order valence-electron chi connectivity index (χ0n) is 20.1. The molecule has 4 aromatic rings. The molecule has 1 saturated carbocycles. The molecule has 37 heavy (non-hydrogen) atoms. The van der Waals surface area contributed by atoms with E-state index in [0.717, 1.165) is 12.0 Å². The van der Waals surface area contributed by atoms with Gasteiger partial charge in [-0.1, -0.05) is 54.6 Å². The highest BCUT2D eigenvalue weighted by Crippen LogP contribution is 2.48. The molecule has 1 aliphatic rings. The van der Waals surface area contributed by atoms with Crippen molar-refractivity contribution in [3.63, 3.8) is 0 Å². The molecule has 0 bridgehead atoms. The molecule has 4 aromatic carbocycles. The highest BCUT2D eigenvalue weighted by atomic mass is 19.1. The third kappa shape index (κ3) is 5.86. The monoisotopic (exact) mass is 495 g/mol. The fraction of sp³-hybridized carbons (Fsp3) is 0.161. The lowest BCUT2D eigenvalue weighted by Gasteiger charge is -2.23. The molecule has 1 amide bonds. The van der Waals surface area contributed by atoms with Crippen LogP contribution in [-0.4, -0.2) is 28.4 Å². The molecule has 1 fully saturated rings. The summed E-state index contributed by atoms with van der Waals surface area (Å²) in [5.74, 6) is -0.243. The van der Waals surface area contributed by atoms with Gasteiger partial charge in [0.15, 0.2) is 11.6 Å². The van der Waals surface area contributed by atoms with Gasteiger partial charge in [-0.15, -0.1) is 0 Å². The number of ether oxygens (including phenoxy) is 1. The Morgan fingerprint density at radius 2 is 1.49 bits per heavy atom. The molecule has 2 atom stereocenters. The number of rotatable bonds is 9. The molecule has 0 aliphatic heterocycles. The molecule has 1 aliphatic carbocycles. The highest BCUT2D eigenvalue weighted by molar-refractivity contribution is 5.94. The summed E-state index contributed by atoms with van der Waals surface area (Å²) in [5.41, 5.74) is 2.84. The molecule has 5 nitrogen and oxygen atoms in total. The maximum Gasteiger partial charge on any atom is 0.335 e. The molecule has 6 heteroatoms. The molecule has 0 unspecified atom stereocenters. The third-order valence-electron chi connectivity index (χ3n) is 6.63. The first kappa shape index (κ1) is 24.3. The van der Waals surface area contributed by atoms with Crippen molar-refractivity contribution in [3.8, 4) is 11.5 Å². The summed E-state index contributed by atoms with van der Waals surface area (Å²) in [6, 6.07) is 29.7. The molecule has 0 spiro atoms. The third-order valence-corrected chi connectivity index (χ3v) is 6.63. The van der Waals surface area contributed by atoms with Gasteiger partial charge in [-0.05, 0) is 77.9 Å². The number of carbonyl (C=O) groups is 2. The summed E-state index contributed by atoms with van der Waals surface area (Å²) in [6.07, 6.45) is 1.02. The van der Waals surface area contributed by atoms with Crippen molar-refractivity contribution in [2.75, 3.05) is 6.54 Å². The van der Waals surface area contributed by atoms with Crippen LogP contribution in [-0.2, 0) is 6.54 Å². The van der Waals surface area contributed by atoms with Crippen LogP contribution in [0.4, 0.5) is 4.39 Å². The lowest BCUT2D eigenvalue weighted by atomic mass is 10.1. The van der Waals surface area contributed by atoms with Crippen molar-refractivity contribution in [2.45, 2.75) is 18.9 Å². The van der Waals surface area contributed by atoms with E-state index in [0.29, 0.717) is 36.2 Å². The average molecular weight is 496 g/mol. The van der Waals surface area contributed by atoms with E-state index in [2.05, 4.69) is 12.1 Å². The minimum Gasteiger partial charge on any atom is -0.478 e. The van der Waals surface area contributed by atoms with Crippen molar-refractivity contribution in [2.24, 2.45) is 5.92 Å². The van der Waals surface area contributed by atoms with E-state index in [1.165, 1.54) is 11.6 Å². The van der Waals surface area contributed by atoms with E-state index in [1.807, 2.05) is 23.1 Å². The topological polar surface area (TPSA) is 66.8 Å². The van der Waals surface area contributed by atoms with Gasteiger partial charge in [-0.3, -0.25) is 4.79 Å². The van der Waals surface area contributed by atoms with Gasteiger partial charge in [0, 0.05) is 18.7 Å². The van der Waals surface area contributed by atoms with Crippen LogP contribution < -0.4 is 4.74 Å². The van der Waals surface area contributed by atoms with E-state index in [9.17, 15) is 19.1 Å². The second kappa shape index (κ2) is 10.7. The summed E-state index contributed by atoms with van der Waals surface area (Å²) in [7, 11) is 0. The fourth-order valence-corrected chi connectivity index (χ4v) is 4.54. The number of para-hydroxylation sites is 1. The summed E-state index contributed by atoms with van der Waals surface area (Å²) in [4.78, 5) is 26.6. The molecule has 0 aromatic heterocycles. The van der Waals surface area contributed by atoms with Crippen molar-refractivity contribution in [1.29, 1.82) is 0 Å². The Morgan fingerprint density at radius 3 is 2.16 bits per heavy atom. The van der Waals surface area contributed by atoms with Gasteiger partial charge in [0.2, 0.25) is 0 Å². The number of amides is 1. The lowest BCUT2D eigenvalue weighted by molar-refractivity contribution is 0.0693. The molecule has 0 radical (unpaired) electrons. The van der Waals surface area contributed by atoms with Crippen molar-refractivity contribution >= 4 is 11.9 Å². The van der Waals surface area contributed by atoms with Crippen molar-refractivity contribution < 1.29 is 23.8 Å². The summed E-state index contributed by atoms with van der Waals surface area (Å²) in [6.45, 7) is 0.955. The number of carboxylic acid groups (broad SMARTS) is 1. The van der Waals surface area contributed by atoms with Gasteiger partial charge in [-0.2, -0.15) is 0 Å². The van der Waals surface area contributed by atoms with Crippen LogP contribution in [0.2, 0.25) is 0 Å². The van der Waals surface area contributed by atoms with Crippen LogP contribution in [0, 0.1) is 11.7 Å². The largest absolute Gasteiger partial charge is 0.478 e. The standard InChI is InChI=1S/C31H26FNO4/c32-28-8-4-5-9-29(28)37-26-16-14-23(15-17-26)30(34)33(19-21-10-12-24(13-11-21)31(35)36)20-25-18-27(25)22-6-2-1-3-7-22/h1-17,25,27H,18-20H2,(H,35,36)/t25-,27-/m0/s1. The summed E-state index contributed by atoms with van der Waals surface area (Å²) < 4.78 is 19.5. The molecular formula is C31H26FNO4. The molecule has 186 valence electrons. The Balaban J connectivity index is 1.33. The summed E-state index contributed by atoms with van der Waals surface area (Å²) in [5, 5.41) is 9.19. The van der Waals surface area contributed by atoms with Crippen LogP contribution >= 0.6 is 0 Å². The predicted octanol–water partition coefficient (Wildman–Crippen LogP) is 6.76. The first-order valence-electron chi connectivity index (χ1n) is 12.2. The number of halogens is 1. The van der Waals surface area contributed by atoms with Gasteiger partial charge in [-0.25, -0.2) is 9.18 Å². The molecular weight excluding hydrogens is 469 g/mol. The van der Waals surface area contributed by atoms with E-state index < -0.39 is 11.8 Å². The van der Waals surface area contributed by atoms with Crippen molar-refractivity contribution in [1.82, 2.24) is 4.90 Å². The Hall–Kier alpha value is -4.45. The lowest BCUT2D eigenvalue weighted by Crippen LogP contribution is -2.32. The van der Waals surface area contributed by atoms with Gasteiger partial charge >= 0.3 is 5.97 Å². The van der Waals surface area contributed by atoms with Crippen LogP contribution in [0.5, 0.6) is 11.5 Å². The minimum atomic E-state index is -0.985. The molecule has 0 heterocycles. The second-order valence-corrected chi connectivity index (χ2v) is 9.26. The van der Waals surface area contributed by atoms with Crippen LogP contribution in [0.3, 0.4) is 0 Å². The highest BCUT2D eigenvalue weighted by Gasteiger charge is 2.40. The van der Waals surface area contributed by atoms with E-state index >= 15 is 0 Å². The Morgan fingerprint density at radius 1 is 0.838 bits per heavy atom. The van der Waals surface area contributed by atoms with Crippen molar-refractivity contribution in [3.05, 3.63) is 131 Å². The number of hydrogen-bond donors (Lipinski definition) is 1. The normalized spacial score (nSPS) is 16.1. The van der Waals surface area contributed by atoms with E-state index in [-0.39, 0.29) is 17.2 Å². The van der Waals surface area contributed by atoms with E-state index in [1.54, 1.807) is 66.7 Å². The maximum absolute atomic E-state index is 13.9. The number of nitrogens with zero attached hydrogens (tertiary/aromatic N) is 1. The minimum absolute atomic E-state index is 0.119. The van der Waals surface area contributed by atoms with Gasteiger partial charge in [0.05, 0.1) is 5.56 Å². The second-order valence-electron chi connectivity index (χ2n) is 9.26. The number of benzene rings is 4. The Labute approximate surface area is 214 Å². The van der Waals surface area contributed by atoms with Gasteiger partial charge in [0.1, 0.15) is 5.75 Å². The Kier molecular flexibility index (Phi) is 6.99. The first-order valence-corrected chi connectivity index (χ1v) is 12.2.